The van der Waals surface area contributed by atoms with Gasteiger partial charge in [-0.2, -0.15) is 0 Å². The van der Waals surface area contributed by atoms with Gasteiger partial charge in [-0.1, -0.05) is 31.2 Å². The second kappa shape index (κ2) is 13.6. The van der Waals surface area contributed by atoms with Crippen molar-refractivity contribution in [1.29, 1.82) is 0 Å². The summed E-state index contributed by atoms with van der Waals surface area (Å²) in [6.07, 6.45) is -6.78. The molecule has 0 aliphatic rings. The largest absolute Gasteiger partial charge is 0.497 e. The molecule has 0 bridgehead atoms. The Morgan fingerprint density at radius 2 is 1.21 bits per heavy atom. The van der Waals surface area contributed by atoms with Crippen LogP contribution < -0.4 is 9.47 Å². The number of hydrogen-bond donors (Lipinski definition) is 6. The van der Waals surface area contributed by atoms with Gasteiger partial charge in [-0.25, -0.2) is 0 Å². The Hall–Kier alpha value is -2.20. The second-order valence-corrected chi connectivity index (χ2v) is 8.92. The Labute approximate surface area is 201 Å². The minimum atomic E-state index is -1.83. The molecule has 0 spiro atoms. The van der Waals surface area contributed by atoms with Gasteiger partial charge in [0.1, 0.15) is 35.9 Å². The van der Waals surface area contributed by atoms with Crippen LogP contribution >= 0.6 is 0 Å². The van der Waals surface area contributed by atoms with Crippen molar-refractivity contribution in [1.82, 2.24) is 0 Å². The van der Waals surface area contributed by atoms with Crippen LogP contribution in [0.4, 0.5) is 0 Å². The maximum absolute atomic E-state index is 11.0. The maximum atomic E-state index is 11.0. The van der Waals surface area contributed by atoms with Crippen LogP contribution in [0.3, 0.4) is 0 Å². The summed E-state index contributed by atoms with van der Waals surface area (Å²) in [7, 11) is 3.17. The number of methoxy groups -OCH3 is 2. The first-order chi connectivity index (χ1) is 16.2. The monoisotopic (exact) mass is 478 g/mol. The molecule has 0 aliphatic carbocycles. The molecule has 190 valence electrons. The number of aliphatic hydroxyl groups is 6. The molecule has 8 nitrogen and oxygen atoms in total. The fourth-order valence-electron chi connectivity index (χ4n) is 4.27. The Kier molecular flexibility index (Phi) is 11.2. The summed E-state index contributed by atoms with van der Waals surface area (Å²) in [6.45, 7) is 1.25. The third-order valence-corrected chi connectivity index (χ3v) is 6.17. The molecule has 0 fully saturated rings. The smallest absolute Gasteiger partial charge is 0.119 e. The van der Waals surface area contributed by atoms with Crippen LogP contribution in [0.1, 0.15) is 24.5 Å². The molecule has 0 amide bonds. The number of benzene rings is 2. The zero-order chi connectivity index (χ0) is 25.3. The van der Waals surface area contributed by atoms with Crippen LogP contribution in [0.15, 0.2) is 48.5 Å². The Bertz CT molecular complexity index is 860. The summed E-state index contributed by atoms with van der Waals surface area (Å²) in [6, 6.07) is 15.1. The zero-order valence-electron chi connectivity index (χ0n) is 20.0. The van der Waals surface area contributed by atoms with Crippen LogP contribution in [0, 0.1) is 11.8 Å². The lowest BCUT2D eigenvalue weighted by atomic mass is 9.80. The van der Waals surface area contributed by atoms with Crippen LogP contribution in [-0.4, -0.2) is 82.0 Å². The third kappa shape index (κ3) is 7.94. The Morgan fingerprint density at radius 1 is 0.706 bits per heavy atom. The van der Waals surface area contributed by atoms with E-state index in [1.54, 1.807) is 14.2 Å². The molecule has 3 unspecified atom stereocenters. The molecule has 7 atom stereocenters. The van der Waals surface area contributed by atoms with E-state index in [1.165, 1.54) is 0 Å². The highest BCUT2D eigenvalue weighted by molar-refractivity contribution is 5.30. The van der Waals surface area contributed by atoms with Crippen molar-refractivity contribution in [2.75, 3.05) is 20.8 Å². The summed E-state index contributed by atoms with van der Waals surface area (Å²) in [5.41, 5.74) is 1.96. The van der Waals surface area contributed by atoms with E-state index < -0.39 is 43.0 Å². The molecule has 0 saturated carbocycles. The molecule has 2 rings (SSSR count). The molecule has 0 saturated heterocycles. The van der Waals surface area contributed by atoms with Gasteiger partial charge in [-0.3, -0.25) is 0 Å². The minimum Gasteiger partial charge on any atom is -0.497 e. The van der Waals surface area contributed by atoms with Crippen LogP contribution in [0.25, 0.3) is 0 Å². The topological polar surface area (TPSA) is 140 Å². The highest BCUT2D eigenvalue weighted by Crippen LogP contribution is 2.28. The molecule has 0 aliphatic heterocycles. The quantitative estimate of drug-likeness (QED) is 0.236. The van der Waals surface area contributed by atoms with E-state index in [4.69, 9.17) is 14.6 Å². The van der Waals surface area contributed by atoms with Crippen molar-refractivity contribution in [3.05, 3.63) is 59.7 Å². The number of rotatable bonds is 14. The van der Waals surface area contributed by atoms with Gasteiger partial charge in [0.2, 0.25) is 0 Å². The first kappa shape index (κ1) is 28.0. The van der Waals surface area contributed by atoms with Gasteiger partial charge < -0.3 is 40.1 Å². The van der Waals surface area contributed by atoms with E-state index in [0.717, 1.165) is 16.9 Å². The molecule has 0 heterocycles. The predicted molar refractivity (Wildman–Crippen MR) is 128 cm³/mol. The van der Waals surface area contributed by atoms with Crippen LogP contribution in [0.5, 0.6) is 11.5 Å². The van der Waals surface area contributed by atoms with E-state index in [-0.39, 0.29) is 5.92 Å². The van der Waals surface area contributed by atoms with Crippen LogP contribution in [-0.2, 0) is 12.8 Å². The SMILES string of the molecule is COc1cccc(CC(C)CC(Cc2cccc(OC)c2)C(O)[C@@H](O)[C@@H](O)[C@H](O)[C@@H](O)CO)c1. The molecule has 34 heavy (non-hydrogen) atoms. The van der Waals surface area contributed by atoms with Crippen molar-refractivity contribution >= 4 is 0 Å². The lowest BCUT2D eigenvalue weighted by molar-refractivity contribution is -0.149. The molecule has 0 aromatic heterocycles. The van der Waals surface area contributed by atoms with Gasteiger partial charge in [0, 0.05) is 0 Å². The van der Waals surface area contributed by atoms with Gasteiger partial charge in [-0.15, -0.1) is 0 Å². The van der Waals surface area contributed by atoms with Crippen molar-refractivity contribution in [3.63, 3.8) is 0 Å². The molecular weight excluding hydrogens is 440 g/mol. The lowest BCUT2D eigenvalue weighted by Gasteiger charge is -2.33. The number of hydrogen-bond acceptors (Lipinski definition) is 8. The van der Waals surface area contributed by atoms with E-state index in [1.807, 2.05) is 55.5 Å². The van der Waals surface area contributed by atoms with E-state index in [2.05, 4.69) is 0 Å². The van der Waals surface area contributed by atoms with Crippen molar-refractivity contribution in [2.24, 2.45) is 11.8 Å². The average molecular weight is 479 g/mol. The van der Waals surface area contributed by atoms with E-state index >= 15 is 0 Å². The van der Waals surface area contributed by atoms with Gasteiger partial charge >= 0.3 is 0 Å². The highest BCUT2D eigenvalue weighted by atomic mass is 16.5. The first-order valence-electron chi connectivity index (χ1n) is 11.5. The summed E-state index contributed by atoms with van der Waals surface area (Å²) in [4.78, 5) is 0. The predicted octanol–water partition coefficient (Wildman–Crippen LogP) is 0.928. The zero-order valence-corrected chi connectivity index (χ0v) is 20.0. The molecule has 8 heteroatoms. The molecule has 2 aromatic carbocycles. The summed E-state index contributed by atoms with van der Waals surface area (Å²) < 4.78 is 10.6. The number of aliphatic hydroxyl groups excluding tert-OH is 6. The fourth-order valence-corrected chi connectivity index (χ4v) is 4.27. The van der Waals surface area contributed by atoms with Gasteiger partial charge in [-0.05, 0) is 66.5 Å². The average Bonchev–Trinajstić information content (AvgIpc) is 2.86. The summed E-state index contributed by atoms with van der Waals surface area (Å²) in [5.74, 6) is 1.05. The molecular formula is C26H38O8. The third-order valence-electron chi connectivity index (χ3n) is 6.17. The van der Waals surface area contributed by atoms with Crippen molar-refractivity contribution in [2.45, 2.75) is 56.7 Å². The standard InChI is InChI=1S/C26H38O8/c1-16(10-17-6-4-8-20(13-17)33-2)11-19(12-18-7-5-9-21(14-18)34-3)23(29)25(31)26(32)24(30)22(28)15-27/h4-9,13-14,16,19,22-32H,10-12,15H2,1-3H3/t16?,19?,22-,23?,24+,25+,26-/m0/s1. The first-order valence-corrected chi connectivity index (χ1v) is 11.5. The van der Waals surface area contributed by atoms with Gasteiger partial charge in [0.05, 0.1) is 26.9 Å². The maximum Gasteiger partial charge on any atom is 0.119 e. The van der Waals surface area contributed by atoms with Crippen molar-refractivity contribution < 1.29 is 40.1 Å². The fraction of sp³-hybridized carbons (Fsp3) is 0.538. The Balaban J connectivity index is 2.21. The summed E-state index contributed by atoms with van der Waals surface area (Å²) in [5, 5.41) is 60.6. The highest BCUT2D eigenvalue weighted by Gasteiger charge is 2.37. The molecule has 0 radical (unpaired) electrons. The minimum absolute atomic E-state index is 0.106. The van der Waals surface area contributed by atoms with Crippen LogP contribution in [0.2, 0.25) is 0 Å². The van der Waals surface area contributed by atoms with Gasteiger partial charge in [0.25, 0.3) is 0 Å². The normalized spacial score (nSPS) is 17.8. The Morgan fingerprint density at radius 3 is 1.71 bits per heavy atom. The lowest BCUT2D eigenvalue weighted by Crippen LogP contribution is -2.52. The molecule has 2 aromatic rings. The second-order valence-electron chi connectivity index (χ2n) is 8.92. The van der Waals surface area contributed by atoms with Crippen molar-refractivity contribution in [3.8, 4) is 11.5 Å². The molecule has 6 N–H and O–H groups in total. The summed E-state index contributed by atoms with van der Waals surface area (Å²) >= 11 is 0. The van der Waals surface area contributed by atoms with Gasteiger partial charge in [0.15, 0.2) is 0 Å². The van der Waals surface area contributed by atoms with E-state index in [0.29, 0.717) is 25.0 Å². The van der Waals surface area contributed by atoms with E-state index in [9.17, 15) is 25.5 Å². The number of ether oxygens (including phenoxy) is 2.